The van der Waals surface area contributed by atoms with Gasteiger partial charge in [0.05, 0.1) is 154 Å². The van der Waals surface area contributed by atoms with Crippen molar-refractivity contribution in [1.29, 1.82) is 10.5 Å². The van der Waals surface area contributed by atoms with Gasteiger partial charge in [0, 0.05) is 57.2 Å². The standard InChI is InChI=1S/C53H62N2O12S2.C28H36O10.C25H28N2O3S2.2C2H6.BH4.Cl2OS/c1-6-33-8-12-35(13-9-33)36-14-16-38(17-15-36)50(60)66-42-24-25-43(48-47(42)68-52(69-48)41(30-54)55-5)67-51(61)39-20-18-37(19-21-39)49(59)65-40-22-10-34(11-23-40)28-29-62-45(57)26-27-46(58)64-32-53(3,4)31-63-44(56)7-2;1-4-23(29)36-17-28(2,3)18-37-25(31)14-13-24(30)35-16-15-19-5-11-22(12-6-19)38-27(34)21-9-7-20(8-10-21)26(32)33;1-3-15-4-6-16(7-5-15)17-8-10-18(11-9-17)24(29)30-21-13-12-20(28)22-23(21)32-25(31-22)19(14-26)27-2;2*1-2;;1-4(2)3/h7,10-11,22-25,33,35-39H,2,6,8-9,12-21,26-29,31-32H2,1,3-4H3;4-6,11-12,20-21H,1,7-10,13-18H2,2-3H3,(H,32,33);12-13,15-18,28H,3-11H2,1H3;2*1-2H3;1H4;/q;;;;;-1;/b52-41-;;25-19+;;;;. The van der Waals surface area contributed by atoms with Gasteiger partial charge in [0.1, 0.15) is 34.5 Å². The van der Waals surface area contributed by atoms with E-state index in [1.54, 1.807) is 94.4 Å². The summed E-state index contributed by atoms with van der Waals surface area (Å²) < 4.78 is 69.8. The van der Waals surface area contributed by atoms with Gasteiger partial charge in [-0.2, -0.15) is 0 Å². The smallest absolute Gasteiger partial charge is 0.330 e. The fourth-order valence-corrected chi connectivity index (χ4v) is 23.3. The van der Waals surface area contributed by atoms with Gasteiger partial charge in [-0.05, 0) is 224 Å². The quantitative estimate of drug-likeness (QED) is 0.00619. The fraction of sp³-hybridized carbons (Fsp3) is 0.564. The number of thioether (sulfide) groups is 4. The molecule has 6 fully saturated rings. The Balaban J connectivity index is 0.000000356. The van der Waals surface area contributed by atoms with Crippen LogP contribution in [0, 0.1) is 118 Å². The number of fused-ring (bicyclic) bond motifs is 2. The molecule has 12 rings (SSSR count). The first kappa shape index (κ1) is 126. The third-order valence-electron chi connectivity index (χ3n) is 27.1. The third kappa shape index (κ3) is 42.0. The molecule has 2 N–H and O–H groups in total. The van der Waals surface area contributed by atoms with Crippen LogP contribution in [0.1, 0.15) is 273 Å². The molecule has 30 nitrogen and oxygen atoms in total. The van der Waals surface area contributed by atoms with E-state index in [4.69, 9.17) is 79.8 Å². The van der Waals surface area contributed by atoms with E-state index in [1.165, 1.54) is 106 Å². The van der Waals surface area contributed by atoms with Gasteiger partial charge < -0.3 is 62.3 Å². The number of hydrogen-bond acceptors (Lipinski definition) is 31. The van der Waals surface area contributed by atoms with Crippen molar-refractivity contribution in [2.24, 2.45) is 81.8 Å². The van der Waals surface area contributed by atoms with E-state index in [1.807, 2.05) is 39.8 Å². The summed E-state index contributed by atoms with van der Waals surface area (Å²) in [4.78, 5) is 156. The van der Waals surface area contributed by atoms with E-state index < -0.39 is 85.6 Å². The zero-order valence-corrected chi connectivity index (χ0v) is 91.2. The molecule has 4 aromatic rings. The molecule has 0 bridgehead atoms. The van der Waals surface area contributed by atoms with E-state index in [9.17, 15) is 67.9 Å². The number of rotatable bonds is 37. The lowest BCUT2D eigenvalue weighted by atomic mass is 9.69. The van der Waals surface area contributed by atoms with Crippen LogP contribution in [0.25, 0.3) is 9.69 Å². The van der Waals surface area contributed by atoms with Crippen molar-refractivity contribution in [2.45, 2.75) is 294 Å². The maximum absolute atomic E-state index is 13.6. The van der Waals surface area contributed by atoms with Gasteiger partial charge in [0.2, 0.25) is 9.23 Å². The van der Waals surface area contributed by atoms with Crippen molar-refractivity contribution in [1.82, 2.24) is 0 Å². The van der Waals surface area contributed by atoms with Crippen LogP contribution in [-0.4, -0.2) is 134 Å². The van der Waals surface area contributed by atoms with Crippen molar-refractivity contribution < 1.29 is 124 Å². The average molecular weight is 2180 g/mol. The number of carboxylic acid groups (broad SMARTS) is 1. The molecule has 4 aromatic carbocycles. The third-order valence-corrected chi connectivity index (χ3v) is 32.3. The number of esters is 11. The minimum Gasteiger partial charge on any atom is -0.507 e. The van der Waals surface area contributed by atoms with Crippen molar-refractivity contribution in [2.75, 3.05) is 39.6 Å². The Morgan fingerprint density at radius 1 is 0.412 bits per heavy atom. The van der Waals surface area contributed by atoms with E-state index in [0.29, 0.717) is 121 Å². The van der Waals surface area contributed by atoms with Crippen LogP contribution >= 0.6 is 68.4 Å². The lowest BCUT2D eigenvalue weighted by Gasteiger charge is -2.37. The minimum absolute atomic E-state index is 0. The second-order valence-corrected chi connectivity index (χ2v) is 45.5. The SMILES string of the molecule is C=CC(=O)OCC(C)(C)COC(=O)CCC(=O)OCCc1ccc(OC(=O)C2CCC(C(=O)O)CC2)cc1.CC.CC.O=S(Cl)Cl.[BH4-].[C-]#[N+]/C(C#N)=C1\Sc2c(O)ccc(OC(=O)C3CCC(C4CCC(CC)CC4)CC3)c2S1.[C-]#[N+]/C(C#N)=C1\Sc2c(OC(=O)C3CCC(C(=O)Oc4ccc(CCOC(=O)CCC(=O)OCC(C)(C)COC(=O)C=C)cc4)CC3)ccc(OC(=O)C3CCC(C4CCC(CC)CC4)CC3)c2S1. The number of ether oxygens (including phenoxy) is 11. The molecule has 8 aliphatic rings. The van der Waals surface area contributed by atoms with Gasteiger partial charge in [-0.3, -0.25) is 47.9 Å². The van der Waals surface area contributed by atoms with E-state index in [-0.39, 0.29) is 138 Å². The molecule has 0 atom stereocenters. The number of hydrogen-bond donors (Lipinski definition) is 2. The molecule has 0 radical (unpaired) electrons. The number of carboxylic acids is 1. The number of nitriles is 2. The Kier molecular flexibility index (Phi) is 55.8. The monoisotopic (exact) mass is 2180 g/mol. The zero-order valence-electron chi connectivity index (χ0n) is 85.6. The van der Waals surface area contributed by atoms with E-state index in [2.05, 4.69) is 58.1 Å². The molecule has 0 spiro atoms. The van der Waals surface area contributed by atoms with Gasteiger partial charge in [-0.15, -0.1) is 0 Å². The van der Waals surface area contributed by atoms with Crippen LogP contribution in [0.4, 0.5) is 0 Å². The molecule has 806 valence electrons. The molecular weight excluding hydrogens is 2040 g/mol. The molecule has 0 unspecified atom stereocenters. The van der Waals surface area contributed by atoms with Crippen LogP contribution in [0.2, 0.25) is 0 Å². The fourth-order valence-electron chi connectivity index (χ4n) is 18.4. The highest BCUT2D eigenvalue weighted by molar-refractivity contribution is 8.26. The zero-order chi connectivity index (χ0) is 108. The lowest BCUT2D eigenvalue weighted by Crippen LogP contribution is -2.30. The van der Waals surface area contributed by atoms with Gasteiger partial charge in [0.15, 0.2) is 0 Å². The molecule has 6 aliphatic carbocycles. The molecular formula is C110H142BCl2N4O26S5-. The average Bonchev–Trinajstić information content (AvgIpc) is 1.63. The van der Waals surface area contributed by atoms with Crippen LogP contribution < -0.4 is 23.7 Å². The van der Waals surface area contributed by atoms with Crippen molar-refractivity contribution in [3.05, 3.63) is 152 Å². The Bertz CT molecular complexity index is 5390. The summed E-state index contributed by atoms with van der Waals surface area (Å²) in [5.74, 6) is -1.13. The molecule has 2 heterocycles. The number of allylic oxidation sites excluding steroid dienone is 2. The van der Waals surface area contributed by atoms with E-state index in [0.717, 1.165) is 116 Å². The number of phenols is 1. The summed E-state index contributed by atoms with van der Waals surface area (Å²) >= 11 is 4.71. The number of aromatic hydroxyl groups is 1. The predicted octanol–water partition coefficient (Wildman–Crippen LogP) is 23.3. The second kappa shape index (κ2) is 65.5. The topological polar surface area (TPSA) is 420 Å². The Hall–Kier alpha value is -10.6. The van der Waals surface area contributed by atoms with Crippen molar-refractivity contribution in [3.8, 4) is 46.6 Å². The van der Waals surface area contributed by atoms with Crippen LogP contribution in [0.5, 0.6) is 34.5 Å². The van der Waals surface area contributed by atoms with Gasteiger partial charge in [0.25, 0.3) is 11.4 Å². The first-order valence-electron chi connectivity index (χ1n) is 50.7. The van der Waals surface area contributed by atoms with Gasteiger partial charge >= 0.3 is 71.6 Å². The maximum Gasteiger partial charge on any atom is 0.330 e. The number of phenolic OH excluding ortho intramolecular Hbond substituents is 1. The molecule has 148 heavy (non-hydrogen) atoms. The number of carbonyl (C=O) groups is 12. The Labute approximate surface area is 900 Å². The highest BCUT2D eigenvalue weighted by atomic mass is 36.0. The summed E-state index contributed by atoms with van der Waals surface area (Å²) in [5, 5.41) is 38.1. The summed E-state index contributed by atoms with van der Waals surface area (Å²) in [5.41, 5.74) is 0.417. The largest absolute Gasteiger partial charge is 0.507 e. The Morgan fingerprint density at radius 2 is 0.669 bits per heavy atom. The summed E-state index contributed by atoms with van der Waals surface area (Å²) in [7, 11) is 7.36. The summed E-state index contributed by atoms with van der Waals surface area (Å²) in [6.45, 7) is 41.4. The van der Waals surface area contributed by atoms with Crippen LogP contribution in [0.3, 0.4) is 0 Å². The highest BCUT2D eigenvalue weighted by Gasteiger charge is 2.41. The normalized spacial score (nSPS) is 21.6. The van der Waals surface area contributed by atoms with Gasteiger partial charge in [-0.25, -0.2) is 34.0 Å². The summed E-state index contributed by atoms with van der Waals surface area (Å²) in [6, 6.07) is 23.9. The maximum atomic E-state index is 13.6. The number of nitrogens with zero attached hydrogens (tertiary/aromatic N) is 4. The molecule has 0 aromatic heterocycles. The molecule has 2 aliphatic heterocycles. The number of aliphatic carboxylic acids is 1. The van der Waals surface area contributed by atoms with E-state index >= 15 is 0 Å². The molecule has 6 saturated carbocycles. The first-order valence-corrected chi connectivity index (χ1v) is 56.7. The Morgan fingerprint density at radius 3 is 0.953 bits per heavy atom. The number of carbonyl (C=O) groups excluding carboxylic acids is 11. The molecule has 0 amide bonds. The lowest BCUT2D eigenvalue weighted by molar-refractivity contribution is -0.154. The highest BCUT2D eigenvalue weighted by Crippen LogP contribution is 2.61. The summed E-state index contributed by atoms with van der Waals surface area (Å²) in [6.07, 6.45) is 26.8. The first-order chi connectivity index (χ1) is 70.4. The van der Waals surface area contributed by atoms with Crippen molar-refractivity contribution >= 4 is 158 Å². The minimum atomic E-state index is -1.67. The van der Waals surface area contributed by atoms with Crippen LogP contribution in [-0.2, 0) is 108 Å². The predicted molar refractivity (Wildman–Crippen MR) is 572 cm³/mol. The number of halogens is 2. The molecule has 0 saturated heterocycles. The molecule has 38 heteroatoms. The van der Waals surface area contributed by atoms with Crippen LogP contribution in [0.15, 0.2) is 138 Å². The van der Waals surface area contributed by atoms with Crippen molar-refractivity contribution in [3.63, 3.8) is 0 Å². The second-order valence-electron chi connectivity index (χ2n) is 38.4. The number of benzene rings is 4. The van der Waals surface area contributed by atoms with Gasteiger partial charge in [-0.1, -0.05) is 201 Å².